The molecule has 0 bridgehead atoms. The van der Waals surface area contributed by atoms with E-state index in [-0.39, 0.29) is 31.0 Å². The van der Waals surface area contributed by atoms with Crippen LogP contribution in [0, 0.1) is 11.3 Å². The van der Waals surface area contributed by atoms with Crippen LogP contribution >= 0.6 is 0 Å². The summed E-state index contributed by atoms with van der Waals surface area (Å²) in [6, 6.07) is 12.9. The number of hydrogen-bond acceptors (Lipinski definition) is 7. The Labute approximate surface area is 182 Å². The lowest BCUT2D eigenvalue weighted by Gasteiger charge is -2.27. The van der Waals surface area contributed by atoms with Crippen LogP contribution in [-0.2, 0) is 11.2 Å². The first kappa shape index (κ1) is 21.6. The van der Waals surface area contributed by atoms with Gasteiger partial charge in [0.15, 0.2) is 11.7 Å². The lowest BCUT2D eigenvalue weighted by Crippen LogP contribution is -2.52. The highest BCUT2D eigenvalue weighted by molar-refractivity contribution is 5.97. The number of carbonyl (C=O) groups excluding carboxylic acids is 2. The van der Waals surface area contributed by atoms with Crippen LogP contribution in [0.4, 0.5) is 0 Å². The Bertz CT molecular complexity index is 1120. The number of fused-ring (bicyclic) bond motifs is 1. The number of furan rings is 1. The van der Waals surface area contributed by atoms with Crippen molar-refractivity contribution in [2.24, 2.45) is 0 Å². The number of aliphatic hydroxyl groups is 3. The minimum Gasteiger partial charge on any atom is -0.444 e. The van der Waals surface area contributed by atoms with E-state index in [1.165, 1.54) is 17.0 Å². The molecule has 1 aromatic carbocycles. The number of H-pyrrole nitrogens is 1. The molecule has 32 heavy (non-hydrogen) atoms. The van der Waals surface area contributed by atoms with Crippen molar-refractivity contribution in [3.05, 3.63) is 59.5 Å². The molecule has 3 heterocycles. The number of likely N-dealkylation sites (tertiary alicyclic amines) is 1. The SMILES string of the molecule is N#Cc1cc2[nH]c(C(=O)N[C@@H](Cc3ccccc3)C(O)C(=O)N3C[C@@H](O)[C@@H](O)C3)cc2o1. The van der Waals surface area contributed by atoms with Crippen molar-refractivity contribution in [2.75, 3.05) is 13.1 Å². The molecule has 4 atom stereocenters. The second-order valence-electron chi connectivity index (χ2n) is 7.78. The Morgan fingerprint density at radius 3 is 2.53 bits per heavy atom. The molecule has 5 N–H and O–H groups in total. The van der Waals surface area contributed by atoms with Crippen LogP contribution < -0.4 is 5.32 Å². The molecular weight excluding hydrogens is 416 g/mol. The summed E-state index contributed by atoms with van der Waals surface area (Å²) in [5.41, 5.74) is 1.75. The number of nitriles is 1. The van der Waals surface area contributed by atoms with Gasteiger partial charge in [-0.25, -0.2) is 0 Å². The second-order valence-corrected chi connectivity index (χ2v) is 7.78. The monoisotopic (exact) mass is 438 g/mol. The predicted octanol–water partition coefficient (Wildman–Crippen LogP) is -0.101. The summed E-state index contributed by atoms with van der Waals surface area (Å²) in [5.74, 6) is -1.15. The van der Waals surface area contributed by atoms with Crippen molar-refractivity contribution in [1.82, 2.24) is 15.2 Å². The van der Waals surface area contributed by atoms with Gasteiger partial charge in [0.25, 0.3) is 11.8 Å². The fraction of sp³-hybridized carbons (Fsp3) is 0.318. The van der Waals surface area contributed by atoms with Crippen LogP contribution in [0.1, 0.15) is 21.8 Å². The fourth-order valence-corrected chi connectivity index (χ4v) is 3.76. The number of aliphatic hydroxyl groups excluding tert-OH is 3. The Balaban J connectivity index is 1.54. The zero-order valence-corrected chi connectivity index (χ0v) is 16.9. The van der Waals surface area contributed by atoms with Crippen molar-refractivity contribution in [3.8, 4) is 6.07 Å². The maximum atomic E-state index is 12.9. The Hall–Kier alpha value is -3.65. The summed E-state index contributed by atoms with van der Waals surface area (Å²) in [7, 11) is 0. The summed E-state index contributed by atoms with van der Waals surface area (Å²) < 4.78 is 5.29. The number of nitrogens with zero attached hydrogens (tertiary/aromatic N) is 2. The summed E-state index contributed by atoms with van der Waals surface area (Å²) >= 11 is 0. The number of hydrogen-bond donors (Lipinski definition) is 5. The molecule has 3 aromatic rings. The van der Waals surface area contributed by atoms with E-state index in [4.69, 9.17) is 9.68 Å². The van der Waals surface area contributed by atoms with Gasteiger partial charge in [0.1, 0.15) is 11.8 Å². The summed E-state index contributed by atoms with van der Waals surface area (Å²) in [6.45, 7) is -0.200. The number of rotatable bonds is 6. The van der Waals surface area contributed by atoms with Crippen LogP contribution in [0.5, 0.6) is 0 Å². The molecule has 1 aliphatic heterocycles. The average molecular weight is 438 g/mol. The van der Waals surface area contributed by atoms with Crippen LogP contribution in [0.3, 0.4) is 0 Å². The van der Waals surface area contributed by atoms with Gasteiger partial charge in [-0.1, -0.05) is 30.3 Å². The van der Waals surface area contributed by atoms with Crippen molar-refractivity contribution in [1.29, 1.82) is 5.26 Å². The second kappa shape index (κ2) is 8.84. The third kappa shape index (κ3) is 4.36. The topological polar surface area (TPSA) is 163 Å². The lowest BCUT2D eigenvalue weighted by molar-refractivity contribution is -0.141. The molecule has 10 nitrogen and oxygen atoms in total. The van der Waals surface area contributed by atoms with Gasteiger partial charge < -0.3 is 34.9 Å². The summed E-state index contributed by atoms with van der Waals surface area (Å²) in [5, 5.41) is 41.8. The largest absolute Gasteiger partial charge is 0.444 e. The van der Waals surface area contributed by atoms with Crippen molar-refractivity contribution < 1.29 is 29.3 Å². The van der Waals surface area contributed by atoms with E-state index in [1.807, 2.05) is 36.4 Å². The van der Waals surface area contributed by atoms with Gasteiger partial charge in [-0.2, -0.15) is 5.26 Å². The van der Waals surface area contributed by atoms with E-state index in [2.05, 4.69) is 10.3 Å². The van der Waals surface area contributed by atoms with Crippen LogP contribution in [0.2, 0.25) is 0 Å². The maximum absolute atomic E-state index is 12.9. The number of amides is 2. The van der Waals surface area contributed by atoms with E-state index in [0.29, 0.717) is 11.1 Å². The van der Waals surface area contributed by atoms with Gasteiger partial charge in [0, 0.05) is 25.2 Å². The van der Waals surface area contributed by atoms with E-state index in [9.17, 15) is 24.9 Å². The molecule has 10 heteroatoms. The highest BCUT2D eigenvalue weighted by Crippen LogP contribution is 2.20. The number of β-amino-alcohol motifs (C(OH)–C–C–N with tert-alkyl or cyclic N) is 2. The number of benzene rings is 1. The Kier molecular flexibility index (Phi) is 5.96. The van der Waals surface area contributed by atoms with Crippen molar-refractivity contribution >= 4 is 22.9 Å². The van der Waals surface area contributed by atoms with Crippen LogP contribution in [0.25, 0.3) is 11.1 Å². The molecular formula is C22H22N4O6. The lowest BCUT2D eigenvalue weighted by atomic mass is 10.00. The first-order valence-electron chi connectivity index (χ1n) is 10.1. The number of carbonyl (C=O) groups is 2. The zero-order chi connectivity index (χ0) is 22.8. The average Bonchev–Trinajstić information content (AvgIpc) is 3.46. The molecule has 1 unspecified atom stereocenters. The van der Waals surface area contributed by atoms with Gasteiger partial charge in [-0.3, -0.25) is 9.59 Å². The Morgan fingerprint density at radius 1 is 1.22 bits per heavy atom. The molecule has 1 aliphatic rings. The zero-order valence-electron chi connectivity index (χ0n) is 16.9. The van der Waals surface area contributed by atoms with Gasteiger partial charge >= 0.3 is 0 Å². The Morgan fingerprint density at radius 2 is 1.91 bits per heavy atom. The standard InChI is InChI=1S/C22H22N4O6/c23-9-13-7-14-19(32-13)8-16(24-14)21(30)25-15(6-12-4-2-1-3-5-12)20(29)22(31)26-10-17(27)18(28)11-26/h1-5,7-8,15,17-18,20,24,27-29H,6,10-11H2,(H,25,30)/t15-,17-,18+,20?/m0/s1. The van der Waals surface area contributed by atoms with Gasteiger partial charge in [0.2, 0.25) is 5.76 Å². The molecule has 166 valence electrons. The third-order valence-corrected chi connectivity index (χ3v) is 5.48. The molecule has 1 fully saturated rings. The first-order valence-corrected chi connectivity index (χ1v) is 10.1. The highest BCUT2D eigenvalue weighted by Gasteiger charge is 2.38. The molecule has 1 saturated heterocycles. The molecule has 0 saturated carbocycles. The molecule has 4 rings (SSSR count). The van der Waals surface area contributed by atoms with Gasteiger partial charge in [-0.05, 0) is 12.0 Å². The van der Waals surface area contributed by atoms with E-state index >= 15 is 0 Å². The quantitative estimate of drug-likeness (QED) is 0.359. The maximum Gasteiger partial charge on any atom is 0.268 e. The molecule has 2 aromatic heterocycles. The highest BCUT2D eigenvalue weighted by atomic mass is 16.3. The van der Waals surface area contributed by atoms with E-state index in [0.717, 1.165) is 5.56 Å². The number of nitrogens with one attached hydrogen (secondary N) is 2. The smallest absolute Gasteiger partial charge is 0.268 e. The molecule has 0 spiro atoms. The number of aromatic amines is 1. The minimum atomic E-state index is -1.60. The van der Waals surface area contributed by atoms with Crippen LogP contribution in [0.15, 0.2) is 46.9 Å². The predicted molar refractivity (Wildman–Crippen MR) is 111 cm³/mol. The molecule has 2 amide bonds. The van der Waals surface area contributed by atoms with Crippen molar-refractivity contribution in [2.45, 2.75) is 30.8 Å². The number of aromatic nitrogens is 1. The normalized spacial score (nSPS) is 20.1. The van der Waals surface area contributed by atoms with Crippen molar-refractivity contribution in [3.63, 3.8) is 0 Å². The first-order chi connectivity index (χ1) is 15.4. The summed E-state index contributed by atoms with van der Waals surface area (Å²) in [4.78, 5) is 29.7. The molecule has 0 aliphatic carbocycles. The van der Waals surface area contributed by atoms with E-state index in [1.54, 1.807) is 0 Å². The fourth-order valence-electron chi connectivity index (χ4n) is 3.76. The summed E-state index contributed by atoms with van der Waals surface area (Å²) in [6.07, 6.45) is -3.59. The van der Waals surface area contributed by atoms with Gasteiger partial charge in [0.05, 0.1) is 23.8 Å². The van der Waals surface area contributed by atoms with Gasteiger partial charge in [-0.15, -0.1) is 0 Å². The van der Waals surface area contributed by atoms with E-state index < -0.39 is 36.2 Å². The molecule has 0 radical (unpaired) electrons. The van der Waals surface area contributed by atoms with Crippen LogP contribution in [-0.4, -0.2) is 74.5 Å². The minimum absolute atomic E-state index is 0.0999. The third-order valence-electron chi connectivity index (χ3n) is 5.48.